The molecule has 0 aromatic heterocycles. The van der Waals surface area contributed by atoms with Crippen molar-refractivity contribution in [1.82, 2.24) is 0 Å². The number of allylic oxidation sites excluding steroid dienone is 2. The van der Waals surface area contributed by atoms with Crippen LogP contribution in [0.3, 0.4) is 0 Å². The lowest BCUT2D eigenvalue weighted by molar-refractivity contribution is -0.115. The molecular weight excluding hydrogens is 372 g/mol. The number of hydrogen-bond acceptors (Lipinski definition) is 6. The third-order valence-electron chi connectivity index (χ3n) is 7.28. The first kappa shape index (κ1) is 19.7. The second-order valence-corrected chi connectivity index (χ2v) is 8.23. The van der Waals surface area contributed by atoms with E-state index in [1.165, 1.54) is 7.11 Å². The number of carbonyl (C=O) groups excluding carboxylic acids is 1. The van der Waals surface area contributed by atoms with Crippen molar-refractivity contribution >= 4 is 5.78 Å². The van der Waals surface area contributed by atoms with Crippen LogP contribution < -0.4 is 14.2 Å². The Labute approximate surface area is 171 Å². The zero-order valence-corrected chi connectivity index (χ0v) is 18.1. The first-order valence-electron chi connectivity index (χ1n) is 9.76. The van der Waals surface area contributed by atoms with Gasteiger partial charge >= 0.3 is 0 Å². The fraction of sp³-hybridized carbons (Fsp3) is 0.522. The summed E-state index contributed by atoms with van der Waals surface area (Å²) in [5.74, 6) is 2.75. The highest BCUT2D eigenvalue weighted by atomic mass is 16.5. The van der Waals surface area contributed by atoms with Crippen molar-refractivity contribution in [1.29, 1.82) is 0 Å². The molecule has 3 atom stereocenters. The summed E-state index contributed by atoms with van der Waals surface area (Å²) in [6.45, 7) is 4.50. The number of methoxy groups -OCH3 is 5. The normalized spacial score (nSPS) is 29.7. The Morgan fingerprint density at radius 3 is 2.21 bits per heavy atom. The summed E-state index contributed by atoms with van der Waals surface area (Å²) in [6.07, 6.45) is 3.34. The fourth-order valence-corrected chi connectivity index (χ4v) is 5.98. The summed E-state index contributed by atoms with van der Waals surface area (Å²) >= 11 is 0. The molecule has 3 aliphatic carbocycles. The van der Waals surface area contributed by atoms with Gasteiger partial charge in [-0.05, 0) is 47.5 Å². The van der Waals surface area contributed by atoms with Crippen molar-refractivity contribution in [3.8, 4) is 17.2 Å². The van der Waals surface area contributed by atoms with Gasteiger partial charge in [-0.25, -0.2) is 0 Å². The predicted molar refractivity (Wildman–Crippen MR) is 108 cm³/mol. The van der Waals surface area contributed by atoms with Gasteiger partial charge in [-0.15, -0.1) is 0 Å². The van der Waals surface area contributed by atoms with E-state index in [0.717, 1.165) is 29.5 Å². The molecule has 0 bridgehead atoms. The zero-order chi connectivity index (χ0) is 21.1. The third-order valence-corrected chi connectivity index (χ3v) is 7.28. The van der Waals surface area contributed by atoms with Gasteiger partial charge in [0.1, 0.15) is 0 Å². The van der Waals surface area contributed by atoms with Crippen LogP contribution in [-0.4, -0.2) is 41.3 Å². The van der Waals surface area contributed by atoms with Crippen molar-refractivity contribution in [3.05, 3.63) is 40.4 Å². The first-order valence-corrected chi connectivity index (χ1v) is 9.76. The van der Waals surface area contributed by atoms with Crippen LogP contribution in [0.5, 0.6) is 17.2 Å². The van der Waals surface area contributed by atoms with E-state index in [-0.39, 0.29) is 17.0 Å². The van der Waals surface area contributed by atoms with Crippen LogP contribution in [0.25, 0.3) is 0 Å². The Kier molecular flexibility index (Phi) is 4.37. The Bertz CT molecular complexity index is 959. The standard InChI is InChI=1S/C23H28O6/c1-12-8-14-10-15(24)18(26-4)21(29-7)23(14)17-13(11-22(12,23)2)9-16(25-3)19(27-5)20(17)28-6/h9-10,12H,8,11H2,1-7H3/t12-,22+,23+/m0/s1. The lowest BCUT2D eigenvalue weighted by Gasteiger charge is -2.44. The van der Waals surface area contributed by atoms with Crippen LogP contribution in [0.15, 0.2) is 29.2 Å². The van der Waals surface area contributed by atoms with Crippen LogP contribution in [0.4, 0.5) is 0 Å². The van der Waals surface area contributed by atoms with Crippen LogP contribution in [0.2, 0.25) is 0 Å². The number of ether oxygens (including phenoxy) is 5. The molecule has 0 aliphatic heterocycles. The second kappa shape index (κ2) is 6.44. The molecule has 0 radical (unpaired) electrons. The number of fused-ring (bicyclic) bond motifs is 1. The van der Waals surface area contributed by atoms with E-state index < -0.39 is 5.41 Å². The number of carbonyl (C=O) groups is 1. The average molecular weight is 400 g/mol. The third kappa shape index (κ3) is 2.09. The van der Waals surface area contributed by atoms with Gasteiger partial charge in [-0.3, -0.25) is 4.79 Å². The lowest BCUT2D eigenvalue weighted by Crippen LogP contribution is -2.45. The zero-order valence-electron chi connectivity index (χ0n) is 18.1. The molecule has 4 rings (SSSR count). The van der Waals surface area contributed by atoms with Crippen LogP contribution in [-0.2, 0) is 26.1 Å². The lowest BCUT2D eigenvalue weighted by atomic mass is 9.60. The Morgan fingerprint density at radius 1 is 0.966 bits per heavy atom. The Hall–Kier alpha value is -2.63. The van der Waals surface area contributed by atoms with Gasteiger partial charge in [0.2, 0.25) is 17.3 Å². The molecule has 156 valence electrons. The Morgan fingerprint density at radius 2 is 1.66 bits per heavy atom. The highest BCUT2D eigenvalue weighted by molar-refractivity contribution is 6.06. The maximum absolute atomic E-state index is 12.8. The molecule has 0 saturated heterocycles. The minimum atomic E-state index is -0.652. The second-order valence-electron chi connectivity index (χ2n) is 8.23. The van der Waals surface area contributed by atoms with E-state index in [1.807, 2.05) is 6.07 Å². The predicted octanol–water partition coefficient (Wildman–Crippen LogP) is 3.57. The van der Waals surface area contributed by atoms with Gasteiger partial charge in [-0.2, -0.15) is 0 Å². The molecule has 29 heavy (non-hydrogen) atoms. The molecule has 1 fully saturated rings. The van der Waals surface area contributed by atoms with E-state index in [0.29, 0.717) is 28.9 Å². The molecule has 1 saturated carbocycles. The van der Waals surface area contributed by atoms with Crippen molar-refractivity contribution in [2.45, 2.75) is 32.1 Å². The van der Waals surface area contributed by atoms with Crippen LogP contribution >= 0.6 is 0 Å². The topological polar surface area (TPSA) is 63.2 Å². The highest BCUT2D eigenvalue weighted by Gasteiger charge is 2.69. The molecule has 3 aliphatic rings. The van der Waals surface area contributed by atoms with Gasteiger partial charge in [0.15, 0.2) is 17.3 Å². The van der Waals surface area contributed by atoms with E-state index in [1.54, 1.807) is 34.5 Å². The summed E-state index contributed by atoms with van der Waals surface area (Å²) in [5.41, 5.74) is 2.26. The maximum atomic E-state index is 12.8. The fourth-order valence-electron chi connectivity index (χ4n) is 5.98. The average Bonchev–Trinajstić information content (AvgIpc) is 3.09. The molecule has 6 heteroatoms. The maximum Gasteiger partial charge on any atom is 0.223 e. The van der Waals surface area contributed by atoms with Crippen molar-refractivity contribution in [3.63, 3.8) is 0 Å². The molecule has 0 N–H and O–H groups in total. The monoisotopic (exact) mass is 400 g/mol. The van der Waals surface area contributed by atoms with Gasteiger partial charge < -0.3 is 23.7 Å². The van der Waals surface area contributed by atoms with E-state index in [2.05, 4.69) is 13.8 Å². The smallest absolute Gasteiger partial charge is 0.223 e. The Balaban J connectivity index is 2.18. The minimum absolute atomic E-state index is 0.158. The van der Waals surface area contributed by atoms with Gasteiger partial charge in [-0.1, -0.05) is 13.8 Å². The van der Waals surface area contributed by atoms with Gasteiger partial charge in [0.25, 0.3) is 0 Å². The van der Waals surface area contributed by atoms with Gasteiger partial charge in [0.05, 0.1) is 41.0 Å². The minimum Gasteiger partial charge on any atom is -0.496 e. The number of rotatable bonds is 5. The largest absolute Gasteiger partial charge is 0.496 e. The quantitative estimate of drug-likeness (QED) is 0.753. The van der Waals surface area contributed by atoms with E-state index in [4.69, 9.17) is 23.7 Å². The molecule has 0 amide bonds. The summed E-state index contributed by atoms with van der Waals surface area (Å²) in [6, 6.07) is 2.02. The van der Waals surface area contributed by atoms with E-state index >= 15 is 0 Å². The SMILES string of the molecule is COC1=C(OC)[C@]23C(=CC1=O)C[C@H](C)[C@@]2(C)Cc1cc(OC)c(OC)c(OC)c13. The first-order chi connectivity index (χ1) is 13.8. The number of ketones is 1. The summed E-state index contributed by atoms with van der Waals surface area (Å²) in [7, 11) is 7.97. The molecule has 1 aromatic rings. The molecular formula is C23H28O6. The highest BCUT2D eigenvalue weighted by Crippen LogP contribution is 2.72. The number of benzene rings is 1. The number of hydrogen-bond donors (Lipinski definition) is 0. The summed E-state index contributed by atoms with van der Waals surface area (Å²) in [4.78, 5) is 12.8. The molecule has 1 aromatic carbocycles. The molecule has 1 spiro atoms. The molecule has 6 nitrogen and oxygen atoms in total. The van der Waals surface area contributed by atoms with Crippen molar-refractivity contribution in [2.75, 3.05) is 35.5 Å². The summed E-state index contributed by atoms with van der Waals surface area (Å²) in [5, 5.41) is 0. The molecule has 0 unspecified atom stereocenters. The van der Waals surface area contributed by atoms with Crippen LogP contribution in [0.1, 0.15) is 31.4 Å². The van der Waals surface area contributed by atoms with Crippen LogP contribution in [0, 0.1) is 11.3 Å². The van der Waals surface area contributed by atoms with Crippen molar-refractivity contribution < 1.29 is 28.5 Å². The van der Waals surface area contributed by atoms with Gasteiger partial charge in [0, 0.05) is 5.56 Å². The van der Waals surface area contributed by atoms with Crippen molar-refractivity contribution in [2.24, 2.45) is 11.3 Å². The van der Waals surface area contributed by atoms with E-state index in [9.17, 15) is 4.79 Å². The molecule has 0 heterocycles. The summed E-state index contributed by atoms with van der Waals surface area (Å²) < 4.78 is 28.7.